The lowest BCUT2D eigenvalue weighted by Gasteiger charge is -2.24. The highest BCUT2D eigenvalue weighted by Gasteiger charge is 2.45. The van der Waals surface area contributed by atoms with Crippen molar-refractivity contribution >= 4 is 10.0 Å². The van der Waals surface area contributed by atoms with Gasteiger partial charge in [-0.3, -0.25) is 0 Å². The smallest absolute Gasteiger partial charge is 0.207 e. The Morgan fingerprint density at radius 2 is 1.36 bits per heavy atom. The fourth-order valence-corrected chi connectivity index (χ4v) is 3.34. The van der Waals surface area contributed by atoms with E-state index in [-0.39, 0.29) is 11.3 Å². The van der Waals surface area contributed by atoms with E-state index in [0.29, 0.717) is 5.56 Å². The number of sulfonamides is 1. The second kappa shape index (κ2) is 6.50. The predicted octanol–water partition coefficient (Wildman–Crippen LogP) is 3.44. The number of rotatable bonds is 5. The highest BCUT2D eigenvalue weighted by Crippen LogP contribution is 2.29. The molecule has 2 aromatic rings. The van der Waals surface area contributed by atoms with E-state index in [1.807, 2.05) is 0 Å². The van der Waals surface area contributed by atoms with Crippen molar-refractivity contribution in [3.63, 3.8) is 0 Å². The summed E-state index contributed by atoms with van der Waals surface area (Å²) >= 11 is 0. The summed E-state index contributed by atoms with van der Waals surface area (Å²) in [7, 11) is -4.62. The summed E-state index contributed by atoms with van der Waals surface area (Å²) in [6.45, 7) is -0.662. The van der Waals surface area contributed by atoms with E-state index in [9.17, 15) is 21.6 Å². The second-order valence-electron chi connectivity index (χ2n) is 4.59. The Hall–Kier alpha value is -1.86. The van der Waals surface area contributed by atoms with Gasteiger partial charge in [-0.15, -0.1) is 4.31 Å². The van der Waals surface area contributed by atoms with Gasteiger partial charge in [0.1, 0.15) is 0 Å². The van der Waals surface area contributed by atoms with Crippen LogP contribution in [0.3, 0.4) is 0 Å². The Balaban J connectivity index is 2.27. The molecule has 0 radical (unpaired) electrons. The van der Waals surface area contributed by atoms with Crippen LogP contribution in [0.5, 0.6) is 0 Å². The van der Waals surface area contributed by atoms with Crippen LogP contribution in [-0.2, 0) is 16.4 Å². The first-order valence-electron chi connectivity index (χ1n) is 6.50. The topological polar surface area (TPSA) is 37.4 Å². The number of nitrogens with zero attached hydrogens (tertiary/aromatic N) is 1. The fraction of sp³-hybridized carbons (Fsp3) is 0.200. The van der Waals surface area contributed by atoms with E-state index in [1.165, 1.54) is 12.1 Å². The SMILES string of the molecule is O=S(=O)(c1ccccc1)N(CCc1ccccc1)C(F)(F)F. The van der Waals surface area contributed by atoms with Gasteiger partial charge in [0.25, 0.3) is 0 Å². The standard InChI is InChI=1S/C15H14F3NO2S/c16-15(17,18)19(12-11-13-7-3-1-4-8-13)22(20,21)14-9-5-2-6-10-14/h1-10H,11-12H2. The molecule has 22 heavy (non-hydrogen) atoms. The van der Waals surface area contributed by atoms with Crippen LogP contribution in [-0.4, -0.2) is 25.6 Å². The van der Waals surface area contributed by atoms with E-state index >= 15 is 0 Å². The maximum absolute atomic E-state index is 13.2. The van der Waals surface area contributed by atoms with Crippen LogP contribution < -0.4 is 0 Å². The molecular formula is C15H14F3NO2S. The highest BCUT2D eigenvalue weighted by molar-refractivity contribution is 7.89. The van der Waals surface area contributed by atoms with Crippen LogP contribution in [0, 0.1) is 0 Å². The van der Waals surface area contributed by atoms with Gasteiger partial charge in [0.05, 0.1) is 4.90 Å². The second-order valence-corrected chi connectivity index (χ2v) is 6.46. The van der Waals surface area contributed by atoms with Crippen LogP contribution in [0.1, 0.15) is 5.56 Å². The quantitative estimate of drug-likeness (QED) is 0.788. The molecule has 0 amide bonds. The Morgan fingerprint density at radius 1 is 0.864 bits per heavy atom. The maximum atomic E-state index is 13.2. The average molecular weight is 329 g/mol. The van der Waals surface area contributed by atoms with Crippen molar-refractivity contribution in [3.8, 4) is 0 Å². The Labute approximate surface area is 127 Å². The molecule has 3 nitrogen and oxygen atoms in total. The molecule has 2 rings (SSSR count). The molecule has 0 saturated heterocycles. The number of hydrogen-bond acceptors (Lipinski definition) is 2. The third kappa shape index (κ3) is 3.86. The van der Waals surface area contributed by atoms with E-state index in [4.69, 9.17) is 0 Å². The van der Waals surface area contributed by atoms with Gasteiger partial charge in [0, 0.05) is 6.54 Å². The van der Waals surface area contributed by atoms with Crippen molar-refractivity contribution < 1.29 is 21.6 Å². The van der Waals surface area contributed by atoms with Crippen LogP contribution in [0.4, 0.5) is 13.2 Å². The maximum Gasteiger partial charge on any atom is 0.473 e. The number of alkyl halides is 3. The van der Waals surface area contributed by atoms with Gasteiger partial charge < -0.3 is 0 Å². The van der Waals surface area contributed by atoms with Crippen molar-refractivity contribution in [1.82, 2.24) is 4.31 Å². The van der Waals surface area contributed by atoms with Crippen molar-refractivity contribution in [2.24, 2.45) is 0 Å². The highest BCUT2D eigenvalue weighted by atomic mass is 32.2. The summed E-state index contributed by atoms with van der Waals surface area (Å²) in [6, 6.07) is 15.1. The van der Waals surface area contributed by atoms with Crippen LogP contribution in [0.15, 0.2) is 65.6 Å². The summed E-state index contributed by atoms with van der Waals surface area (Å²) in [6.07, 6.45) is -4.99. The van der Waals surface area contributed by atoms with Crippen molar-refractivity contribution in [2.45, 2.75) is 17.6 Å². The Kier molecular flexibility index (Phi) is 4.87. The number of hydrogen-bond donors (Lipinski definition) is 0. The van der Waals surface area contributed by atoms with Gasteiger partial charge in [-0.1, -0.05) is 48.5 Å². The summed E-state index contributed by atoms with van der Waals surface area (Å²) in [5, 5.41) is 0. The lowest BCUT2D eigenvalue weighted by atomic mass is 10.1. The zero-order valence-electron chi connectivity index (χ0n) is 11.5. The molecule has 0 aliphatic carbocycles. The van der Waals surface area contributed by atoms with Gasteiger partial charge in [-0.05, 0) is 24.1 Å². The summed E-state index contributed by atoms with van der Waals surface area (Å²) < 4.78 is 63.5. The summed E-state index contributed by atoms with van der Waals surface area (Å²) in [4.78, 5) is -0.375. The first kappa shape index (κ1) is 16.5. The molecule has 0 N–H and O–H groups in total. The number of benzene rings is 2. The predicted molar refractivity (Wildman–Crippen MR) is 76.5 cm³/mol. The Morgan fingerprint density at radius 3 is 1.86 bits per heavy atom. The molecule has 0 bridgehead atoms. The summed E-state index contributed by atoms with van der Waals surface area (Å²) in [5.74, 6) is 0. The molecule has 118 valence electrons. The molecule has 0 unspecified atom stereocenters. The molecule has 0 aromatic heterocycles. The van der Waals surface area contributed by atoms with Gasteiger partial charge >= 0.3 is 6.30 Å². The summed E-state index contributed by atoms with van der Waals surface area (Å²) in [5.41, 5.74) is 0.639. The molecule has 7 heteroatoms. The lowest BCUT2D eigenvalue weighted by Crippen LogP contribution is -2.43. The first-order valence-corrected chi connectivity index (χ1v) is 7.94. The minimum absolute atomic E-state index is 0.0214. The van der Waals surface area contributed by atoms with Gasteiger partial charge in [-0.2, -0.15) is 13.2 Å². The first-order chi connectivity index (χ1) is 10.3. The van der Waals surface area contributed by atoms with E-state index < -0.39 is 27.2 Å². The third-order valence-corrected chi connectivity index (χ3v) is 4.90. The van der Waals surface area contributed by atoms with Crippen molar-refractivity contribution in [1.29, 1.82) is 0 Å². The van der Waals surface area contributed by atoms with Crippen molar-refractivity contribution in [3.05, 3.63) is 66.2 Å². The lowest BCUT2D eigenvalue weighted by molar-refractivity contribution is -0.209. The third-order valence-electron chi connectivity index (χ3n) is 3.06. The number of halogens is 3. The van der Waals surface area contributed by atoms with E-state index in [1.54, 1.807) is 36.4 Å². The molecule has 0 aliphatic rings. The average Bonchev–Trinajstić information content (AvgIpc) is 2.48. The van der Waals surface area contributed by atoms with Crippen molar-refractivity contribution in [2.75, 3.05) is 6.54 Å². The minimum atomic E-state index is -4.97. The normalized spacial score (nSPS) is 12.5. The molecular weight excluding hydrogens is 315 g/mol. The molecule has 0 heterocycles. The molecule has 0 fully saturated rings. The van der Waals surface area contributed by atoms with Crippen LogP contribution in [0.2, 0.25) is 0 Å². The fourth-order valence-electron chi connectivity index (χ4n) is 1.98. The molecule has 0 atom stereocenters. The van der Waals surface area contributed by atoms with E-state index in [0.717, 1.165) is 12.1 Å². The molecule has 0 spiro atoms. The monoisotopic (exact) mass is 329 g/mol. The zero-order valence-corrected chi connectivity index (χ0v) is 12.3. The van der Waals surface area contributed by atoms with Crippen LogP contribution >= 0.6 is 0 Å². The van der Waals surface area contributed by atoms with E-state index in [2.05, 4.69) is 0 Å². The minimum Gasteiger partial charge on any atom is -0.207 e. The van der Waals surface area contributed by atoms with Crippen LogP contribution in [0.25, 0.3) is 0 Å². The largest absolute Gasteiger partial charge is 0.473 e. The molecule has 0 saturated carbocycles. The molecule has 2 aromatic carbocycles. The van der Waals surface area contributed by atoms with Gasteiger partial charge in [0.15, 0.2) is 0 Å². The molecule has 0 aliphatic heterocycles. The Bertz CT molecular complexity index is 701. The zero-order chi connectivity index (χ0) is 16.2. The van der Waals surface area contributed by atoms with Gasteiger partial charge in [0.2, 0.25) is 10.0 Å². The van der Waals surface area contributed by atoms with Gasteiger partial charge in [-0.25, -0.2) is 8.42 Å².